The maximum Gasteiger partial charge on any atom is 0.111 e. The van der Waals surface area contributed by atoms with E-state index in [0.717, 1.165) is 24.6 Å². The van der Waals surface area contributed by atoms with E-state index in [1.165, 1.54) is 19.3 Å². The Morgan fingerprint density at radius 3 is 2.94 bits per heavy atom. The van der Waals surface area contributed by atoms with Crippen LogP contribution in [-0.4, -0.2) is 33.8 Å². The Labute approximate surface area is 95.4 Å². The zero-order valence-corrected chi connectivity index (χ0v) is 9.72. The van der Waals surface area contributed by atoms with E-state index < -0.39 is 0 Å². The summed E-state index contributed by atoms with van der Waals surface area (Å²) in [5.41, 5.74) is 1.71. The molecule has 0 unspecified atom stereocenters. The van der Waals surface area contributed by atoms with Crippen molar-refractivity contribution in [2.45, 2.75) is 38.8 Å². The van der Waals surface area contributed by atoms with E-state index in [-0.39, 0.29) is 6.61 Å². The third kappa shape index (κ3) is 2.80. The molecule has 2 rings (SSSR count). The van der Waals surface area contributed by atoms with Gasteiger partial charge in [0.25, 0.3) is 0 Å². The molecular formula is C11H19N3O2. The topological polar surface area (TPSA) is 60.2 Å². The van der Waals surface area contributed by atoms with E-state index >= 15 is 0 Å². The third-order valence-electron chi connectivity index (χ3n) is 3.06. The molecule has 1 heterocycles. The van der Waals surface area contributed by atoms with Crippen molar-refractivity contribution < 1.29 is 9.84 Å². The summed E-state index contributed by atoms with van der Waals surface area (Å²) in [6, 6.07) is 0. The first-order valence-electron chi connectivity index (χ1n) is 5.86. The Balaban J connectivity index is 1.99. The van der Waals surface area contributed by atoms with Crippen molar-refractivity contribution in [2.75, 3.05) is 13.7 Å². The number of aryl methyl sites for hydroxylation is 1. The van der Waals surface area contributed by atoms with Crippen LogP contribution < -0.4 is 0 Å². The molecule has 1 aromatic heterocycles. The highest BCUT2D eigenvalue weighted by Crippen LogP contribution is 2.32. The lowest BCUT2D eigenvalue weighted by Gasteiger charge is -2.06. The van der Waals surface area contributed by atoms with Crippen LogP contribution in [0.25, 0.3) is 0 Å². The Morgan fingerprint density at radius 1 is 1.50 bits per heavy atom. The van der Waals surface area contributed by atoms with Crippen LogP contribution in [0.2, 0.25) is 0 Å². The van der Waals surface area contributed by atoms with Crippen LogP contribution in [0.5, 0.6) is 0 Å². The second-order valence-corrected chi connectivity index (χ2v) is 4.34. The Morgan fingerprint density at radius 2 is 2.31 bits per heavy atom. The van der Waals surface area contributed by atoms with Crippen LogP contribution in [-0.2, 0) is 24.3 Å². The van der Waals surface area contributed by atoms with Crippen LogP contribution in [0.15, 0.2) is 0 Å². The number of methoxy groups -OCH3 is 1. The average Bonchev–Trinajstić information content (AvgIpc) is 3.05. The maximum absolute atomic E-state index is 9.16. The van der Waals surface area contributed by atoms with Gasteiger partial charge in [-0.25, -0.2) is 4.68 Å². The van der Waals surface area contributed by atoms with Gasteiger partial charge in [0, 0.05) is 20.1 Å². The van der Waals surface area contributed by atoms with Gasteiger partial charge in [-0.15, -0.1) is 5.10 Å². The molecule has 16 heavy (non-hydrogen) atoms. The fourth-order valence-electron chi connectivity index (χ4n) is 1.85. The summed E-state index contributed by atoms with van der Waals surface area (Å²) in [7, 11) is 1.68. The first-order valence-corrected chi connectivity index (χ1v) is 5.86. The molecule has 0 bridgehead atoms. The van der Waals surface area contributed by atoms with E-state index in [1.807, 2.05) is 4.68 Å². The first-order chi connectivity index (χ1) is 7.85. The average molecular weight is 225 g/mol. The lowest BCUT2D eigenvalue weighted by atomic mass is 10.2. The van der Waals surface area contributed by atoms with Crippen molar-refractivity contribution in [1.29, 1.82) is 0 Å². The van der Waals surface area contributed by atoms with E-state index in [2.05, 4.69) is 10.3 Å². The lowest BCUT2D eigenvalue weighted by molar-refractivity contribution is 0.198. The van der Waals surface area contributed by atoms with Gasteiger partial charge in [-0.1, -0.05) is 18.1 Å². The van der Waals surface area contributed by atoms with E-state index in [1.54, 1.807) is 7.11 Å². The summed E-state index contributed by atoms with van der Waals surface area (Å²) < 4.78 is 6.98. The van der Waals surface area contributed by atoms with Crippen molar-refractivity contribution in [3.63, 3.8) is 0 Å². The number of aliphatic hydroxyl groups is 1. The molecule has 0 spiro atoms. The molecule has 0 aromatic carbocycles. The van der Waals surface area contributed by atoms with Gasteiger partial charge in [0.2, 0.25) is 0 Å². The largest absolute Gasteiger partial charge is 0.390 e. The Bertz CT molecular complexity index is 334. The highest BCUT2D eigenvalue weighted by Gasteiger charge is 2.22. The van der Waals surface area contributed by atoms with Crippen LogP contribution in [0.1, 0.15) is 30.7 Å². The van der Waals surface area contributed by atoms with Gasteiger partial charge in [-0.2, -0.15) is 0 Å². The summed E-state index contributed by atoms with van der Waals surface area (Å²) in [5, 5.41) is 17.2. The quantitative estimate of drug-likeness (QED) is 0.744. The number of hydrogen-bond donors (Lipinski definition) is 1. The standard InChI is InChI=1S/C11H19N3O2/c1-16-7-5-11-10(8-15)12-13-14(11)6-4-9-2-3-9/h9,15H,2-8H2,1H3. The molecule has 5 nitrogen and oxygen atoms in total. The van der Waals surface area contributed by atoms with Crippen molar-refractivity contribution >= 4 is 0 Å². The van der Waals surface area contributed by atoms with Crippen molar-refractivity contribution in [1.82, 2.24) is 15.0 Å². The predicted molar refractivity (Wildman–Crippen MR) is 58.9 cm³/mol. The second kappa shape index (κ2) is 5.41. The lowest BCUT2D eigenvalue weighted by Crippen LogP contribution is -2.09. The molecule has 1 saturated carbocycles. The van der Waals surface area contributed by atoms with Gasteiger partial charge in [-0.3, -0.25) is 0 Å². The predicted octanol–water partition coefficient (Wildman–Crippen LogP) is 0.759. The van der Waals surface area contributed by atoms with E-state index in [4.69, 9.17) is 9.84 Å². The fourth-order valence-corrected chi connectivity index (χ4v) is 1.85. The van der Waals surface area contributed by atoms with Crippen LogP contribution >= 0.6 is 0 Å². The normalized spacial score (nSPS) is 15.6. The first kappa shape index (κ1) is 11.5. The summed E-state index contributed by atoms with van der Waals surface area (Å²) in [6.07, 6.45) is 4.65. The smallest absolute Gasteiger partial charge is 0.111 e. The zero-order valence-electron chi connectivity index (χ0n) is 9.72. The molecule has 1 aliphatic rings. The molecular weight excluding hydrogens is 206 g/mol. The van der Waals surface area contributed by atoms with Crippen molar-refractivity contribution in [2.24, 2.45) is 5.92 Å². The van der Waals surface area contributed by atoms with Gasteiger partial charge in [0.1, 0.15) is 5.69 Å². The molecule has 0 saturated heterocycles. The molecule has 1 aromatic rings. The third-order valence-corrected chi connectivity index (χ3v) is 3.06. The van der Waals surface area contributed by atoms with Gasteiger partial charge < -0.3 is 9.84 Å². The molecule has 1 N–H and O–H groups in total. The highest BCUT2D eigenvalue weighted by molar-refractivity contribution is 5.09. The Hall–Kier alpha value is -0.940. The molecule has 0 aliphatic heterocycles. The zero-order chi connectivity index (χ0) is 11.4. The SMILES string of the molecule is COCCc1c(CO)nnn1CCC1CC1. The number of nitrogens with zero attached hydrogens (tertiary/aromatic N) is 3. The molecule has 0 atom stereocenters. The number of hydrogen-bond acceptors (Lipinski definition) is 4. The van der Waals surface area contributed by atoms with Crippen LogP contribution in [0.3, 0.4) is 0 Å². The monoisotopic (exact) mass is 225 g/mol. The molecule has 1 fully saturated rings. The van der Waals surface area contributed by atoms with E-state index in [0.29, 0.717) is 12.3 Å². The number of rotatable bonds is 7. The number of aliphatic hydroxyl groups excluding tert-OH is 1. The molecule has 90 valence electrons. The minimum absolute atomic E-state index is 0.0392. The van der Waals surface area contributed by atoms with Crippen molar-refractivity contribution in [3.05, 3.63) is 11.4 Å². The summed E-state index contributed by atoms with van der Waals surface area (Å²) in [4.78, 5) is 0. The summed E-state index contributed by atoms with van der Waals surface area (Å²) in [5.74, 6) is 0.886. The van der Waals surface area contributed by atoms with Gasteiger partial charge in [0.15, 0.2) is 0 Å². The van der Waals surface area contributed by atoms with Crippen LogP contribution in [0, 0.1) is 5.92 Å². The maximum atomic E-state index is 9.16. The second-order valence-electron chi connectivity index (χ2n) is 4.34. The molecule has 0 amide bonds. The Kier molecular flexibility index (Phi) is 3.90. The molecule has 5 heteroatoms. The summed E-state index contributed by atoms with van der Waals surface area (Å²) in [6.45, 7) is 1.52. The van der Waals surface area contributed by atoms with Crippen molar-refractivity contribution in [3.8, 4) is 0 Å². The molecule has 1 aliphatic carbocycles. The number of ether oxygens (including phenoxy) is 1. The number of aromatic nitrogens is 3. The van der Waals surface area contributed by atoms with Gasteiger partial charge in [-0.05, 0) is 12.3 Å². The molecule has 0 radical (unpaired) electrons. The highest BCUT2D eigenvalue weighted by atomic mass is 16.5. The summed E-state index contributed by atoms with van der Waals surface area (Å²) >= 11 is 0. The van der Waals surface area contributed by atoms with E-state index in [9.17, 15) is 0 Å². The van der Waals surface area contributed by atoms with Gasteiger partial charge in [0.05, 0.1) is 18.9 Å². The van der Waals surface area contributed by atoms with Gasteiger partial charge >= 0.3 is 0 Å². The minimum Gasteiger partial charge on any atom is -0.390 e. The fraction of sp³-hybridized carbons (Fsp3) is 0.818. The van der Waals surface area contributed by atoms with Crippen LogP contribution in [0.4, 0.5) is 0 Å². The minimum atomic E-state index is -0.0392.